The average molecular weight is 413 g/mol. The molecule has 2 N–H and O–H groups in total. The molecule has 0 saturated heterocycles. The fourth-order valence-electron chi connectivity index (χ4n) is 2.48. The number of hydrogen-bond donors (Lipinski definition) is 2. The van der Waals surface area contributed by atoms with Crippen molar-refractivity contribution in [3.8, 4) is 0 Å². The van der Waals surface area contributed by atoms with Crippen LogP contribution in [-0.4, -0.2) is 26.9 Å². The predicted octanol–water partition coefficient (Wildman–Crippen LogP) is 3.14. The second kappa shape index (κ2) is 9.30. The van der Waals surface area contributed by atoms with Gasteiger partial charge in [0.05, 0.1) is 0 Å². The van der Waals surface area contributed by atoms with Gasteiger partial charge in [0.25, 0.3) is 0 Å². The molecule has 0 aliphatic heterocycles. The van der Waals surface area contributed by atoms with Crippen LogP contribution in [0.15, 0.2) is 53.4 Å². The molecule has 5 nitrogen and oxygen atoms in total. The van der Waals surface area contributed by atoms with Gasteiger partial charge in [-0.2, -0.15) is 4.72 Å². The minimum absolute atomic E-state index is 0.318. The first-order valence-electron chi connectivity index (χ1n) is 8.49. The van der Waals surface area contributed by atoms with Gasteiger partial charge in [0, 0.05) is 11.6 Å². The third-order valence-electron chi connectivity index (χ3n) is 3.98. The highest BCUT2D eigenvalue weighted by Crippen LogP contribution is 2.15. The van der Waals surface area contributed by atoms with E-state index in [1.54, 1.807) is 26.0 Å². The molecular formula is C19H22ClFN2O3S. The molecule has 0 fully saturated rings. The summed E-state index contributed by atoms with van der Waals surface area (Å²) >= 11 is 5.83. The summed E-state index contributed by atoms with van der Waals surface area (Å²) in [6.07, 6.45) is 0.577. The van der Waals surface area contributed by atoms with Crippen LogP contribution in [0.5, 0.6) is 0 Å². The summed E-state index contributed by atoms with van der Waals surface area (Å²) in [6, 6.07) is 11.3. The maximum atomic E-state index is 13.8. The predicted molar refractivity (Wildman–Crippen MR) is 104 cm³/mol. The average Bonchev–Trinajstić information content (AvgIpc) is 2.61. The number of amides is 1. The van der Waals surface area contributed by atoms with Gasteiger partial charge in [0.1, 0.15) is 16.8 Å². The molecule has 0 radical (unpaired) electrons. The van der Waals surface area contributed by atoms with Crippen molar-refractivity contribution < 1.29 is 17.6 Å². The van der Waals surface area contributed by atoms with Crippen molar-refractivity contribution in [3.05, 3.63) is 64.9 Å². The van der Waals surface area contributed by atoms with Gasteiger partial charge >= 0.3 is 0 Å². The Hall–Kier alpha value is -1.96. The number of carbonyl (C=O) groups excluding carboxylic acids is 1. The summed E-state index contributed by atoms with van der Waals surface area (Å²) in [5.41, 5.74) is 0.993. The third-order valence-corrected chi connectivity index (χ3v) is 5.71. The lowest BCUT2D eigenvalue weighted by Gasteiger charge is -2.21. The van der Waals surface area contributed by atoms with E-state index in [4.69, 9.17) is 11.6 Å². The van der Waals surface area contributed by atoms with Gasteiger partial charge in [-0.05, 0) is 42.2 Å². The molecule has 0 aliphatic carbocycles. The third kappa shape index (κ3) is 6.02. The molecule has 146 valence electrons. The molecule has 0 spiro atoms. The van der Waals surface area contributed by atoms with Gasteiger partial charge in [0.15, 0.2) is 0 Å². The molecule has 1 amide bonds. The van der Waals surface area contributed by atoms with E-state index in [0.717, 1.165) is 17.7 Å². The summed E-state index contributed by atoms with van der Waals surface area (Å²) in [5.74, 6) is -1.64. The molecule has 27 heavy (non-hydrogen) atoms. The number of benzene rings is 2. The van der Waals surface area contributed by atoms with Crippen LogP contribution in [-0.2, 0) is 21.2 Å². The summed E-state index contributed by atoms with van der Waals surface area (Å²) in [7, 11) is -4.16. The van der Waals surface area contributed by atoms with Crippen molar-refractivity contribution in [1.82, 2.24) is 10.0 Å². The van der Waals surface area contributed by atoms with Gasteiger partial charge in [-0.1, -0.05) is 49.7 Å². The highest BCUT2D eigenvalue weighted by atomic mass is 35.5. The van der Waals surface area contributed by atoms with Crippen molar-refractivity contribution in [3.63, 3.8) is 0 Å². The Bertz CT molecular complexity index is 886. The normalized spacial score (nSPS) is 12.8. The molecule has 2 rings (SSSR count). The van der Waals surface area contributed by atoms with E-state index >= 15 is 0 Å². The van der Waals surface area contributed by atoms with Gasteiger partial charge in [-0.3, -0.25) is 4.79 Å². The second-order valence-corrected chi connectivity index (χ2v) is 8.56. The van der Waals surface area contributed by atoms with E-state index < -0.39 is 32.7 Å². The van der Waals surface area contributed by atoms with E-state index in [9.17, 15) is 17.6 Å². The molecule has 0 aromatic heterocycles. The Morgan fingerprint density at radius 1 is 1.11 bits per heavy atom. The number of halogens is 2. The second-order valence-electron chi connectivity index (χ2n) is 6.44. The fraction of sp³-hybridized carbons (Fsp3) is 0.316. The lowest BCUT2D eigenvalue weighted by atomic mass is 10.0. The van der Waals surface area contributed by atoms with Crippen LogP contribution < -0.4 is 10.0 Å². The Labute approximate surface area is 164 Å². The smallest absolute Gasteiger partial charge is 0.244 e. The van der Waals surface area contributed by atoms with Crippen molar-refractivity contribution in [2.75, 3.05) is 6.54 Å². The quantitative estimate of drug-likeness (QED) is 0.699. The Balaban J connectivity index is 2.02. The molecule has 0 bridgehead atoms. The number of carbonyl (C=O) groups is 1. The lowest BCUT2D eigenvalue weighted by Crippen LogP contribution is -2.50. The van der Waals surface area contributed by atoms with Crippen LogP contribution in [0.1, 0.15) is 19.4 Å². The minimum atomic E-state index is -4.16. The molecule has 0 heterocycles. The molecule has 1 atom stereocenters. The van der Waals surface area contributed by atoms with Crippen LogP contribution in [0.2, 0.25) is 5.02 Å². The maximum absolute atomic E-state index is 13.8. The maximum Gasteiger partial charge on any atom is 0.244 e. The van der Waals surface area contributed by atoms with Crippen molar-refractivity contribution in [2.45, 2.75) is 31.2 Å². The molecule has 8 heteroatoms. The minimum Gasteiger partial charge on any atom is -0.354 e. The summed E-state index contributed by atoms with van der Waals surface area (Å²) in [4.78, 5) is 12.0. The zero-order chi connectivity index (χ0) is 20.0. The van der Waals surface area contributed by atoms with E-state index in [1.807, 2.05) is 12.1 Å². The van der Waals surface area contributed by atoms with Crippen LogP contribution in [0.3, 0.4) is 0 Å². The molecule has 2 aromatic carbocycles. The van der Waals surface area contributed by atoms with Gasteiger partial charge < -0.3 is 5.32 Å². The highest BCUT2D eigenvalue weighted by molar-refractivity contribution is 7.89. The molecule has 2 aromatic rings. The van der Waals surface area contributed by atoms with Gasteiger partial charge in [0.2, 0.25) is 15.9 Å². The first kappa shape index (κ1) is 21.3. The largest absolute Gasteiger partial charge is 0.354 e. The van der Waals surface area contributed by atoms with Crippen molar-refractivity contribution in [1.29, 1.82) is 0 Å². The van der Waals surface area contributed by atoms with Gasteiger partial charge in [-0.15, -0.1) is 0 Å². The topological polar surface area (TPSA) is 75.3 Å². The van der Waals surface area contributed by atoms with Crippen LogP contribution in [0.4, 0.5) is 4.39 Å². The highest BCUT2D eigenvalue weighted by Gasteiger charge is 2.29. The first-order valence-corrected chi connectivity index (χ1v) is 10.4. The monoisotopic (exact) mass is 412 g/mol. The SMILES string of the molecule is CC(C)[C@H](NS(=O)(=O)c1ccccc1F)C(=O)NCCc1ccc(Cl)cc1. The van der Waals surface area contributed by atoms with Crippen LogP contribution >= 0.6 is 11.6 Å². The summed E-state index contributed by atoms with van der Waals surface area (Å²) in [5, 5.41) is 3.35. The van der Waals surface area contributed by atoms with E-state index in [-0.39, 0.29) is 5.92 Å². The number of rotatable bonds is 8. The van der Waals surface area contributed by atoms with Crippen molar-refractivity contribution >= 4 is 27.5 Å². The zero-order valence-corrected chi connectivity index (χ0v) is 16.6. The molecular weight excluding hydrogens is 391 g/mol. The number of nitrogens with one attached hydrogen (secondary N) is 2. The summed E-state index contributed by atoms with van der Waals surface area (Å²) in [6.45, 7) is 3.77. The molecule has 0 unspecified atom stereocenters. The summed E-state index contributed by atoms with van der Waals surface area (Å²) < 4.78 is 41.0. The fourth-order valence-corrected chi connectivity index (χ4v) is 4.03. The van der Waals surface area contributed by atoms with E-state index in [1.165, 1.54) is 12.1 Å². The Morgan fingerprint density at radius 3 is 2.33 bits per heavy atom. The first-order chi connectivity index (χ1) is 12.7. The van der Waals surface area contributed by atoms with Gasteiger partial charge in [-0.25, -0.2) is 12.8 Å². The number of hydrogen-bond acceptors (Lipinski definition) is 3. The van der Waals surface area contributed by atoms with Crippen LogP contribution in [0, 0.1) is 11.7 Å². The molecule has 0 saturated carbocycles. The molecule has 0 aliphatic rings. The van der Waals surface area contributed by atoms with E-state index in [2.05, 4.69) is 10.0 Å². The lowest BCUT2D eigenvalue weighted by molar-refractivity contribution is -0.123. The Morgan fingerprint density at radius 2 is 1.74 bits per heavy atom. The van der Waals surface area contributed by atoms with Crippen LogP contribution in [0.25, 0.3) is 0 Å². The van der Waals surface area contributed by atoms with Crippen molar-refractivity contribution in [2.24, 2.45) is 5.92 Å². The zero-order valence-electron chi connectivity index (χ0n) is 15.1. The Kier molecular flexibility index (Phi) is 7.35. The number of sulfonamides is 1. The standard InChI is InChI=1S/C19H22ClFN2O3S/c1-13(2)18(23-27(25,26)17-6-4-3-5-16(17)21)19(24)22-12-11-14-7-9-15(20)10-8-14/h3-10,13,18,23H,11-12H2,1-2H3,(H,22,24)/t18-/m0/s1. The van der Waals surface area contributed by atoms with E-state index in [0.29, 0.717) is 18.0 Å².